The van der Waals surface area contributed by atoms with Gasteiger partial charge in [0.2, 0.25) is 11.7 Å². The van der Waals surface area contributed by atoms with Gasteiger partial charge in [0.25, 0.3) is 0 Å². The first-order valence-corrected chi connectivity index (χ1v) is 6.81. The van der Waals surface area contributed by atoms with E-state index < -0.39 is 6.67 Å². The highest BCUT2D eigenvalue weighted by atomic mass is 19.1. The molecule has 20 heavy (non-hydrogen) atoms. The Morgan fingerprint density at radius 1 is 1.50 bits per heavy atom. The number of alkyl halides is 1. The molecule has 0 bridgehead atoms. The molecule has 0 unspecified atom stereocenters. The van der Waals surface area contributed by atoms with E-state index in [4.69, 9.17) is 4.52 Å². The highest BCUT2D eigenvalue weighted by Gasteiger charge is 2.33. The fraction of sp³-hybridized carbons (Fsp3) is 0.615. The van der Waals surface area contributed by atoms with Crippen LogP contribution in [-0.4, -0.2) is 51.1 Å². The second-order valence-electron chi connectivity index (χ2n) is 5.25. The molecule has 3 heterocycles. The van der Waals surface area contributed by atoms with Crippen LogP contribution in [0.15, 0.2) is 16.9 Å². The average Bonchev–Trinajstić information content (AvgIpc) is 3.12. The van der Waals surface area contributed by atoms with Crippen LogP contribution in [0.3, 0.4) is 0 Å². The molecule has 6 nitrogen and oxygen atoms in total. The maximum Gasteiger partial charge on any atom is 0.231 e. The molecule has 0 saturated carbocycles. The Morgan fingerprint density at radius 2 is 2.35 bits per heavy atom. The van der Waals surface area contributed by atoms with Crippen molar-refractivity contribution in [2.24, 2.45) is 0 Å². The monoisotopic (exact) mass is 279 g/mol. The predicted molar refractivity (Wildman–Crippen MR) is 70.9 cm³/mol. The van der Waals surface area contributed by atoms with Crippen LogP contribution >= 0.6 is 0 Å². The van der Waals surface area contributed by atoms with Gasteiger partial charge in [0, 0.05) is 12.2 Å². The number of likely N-dealkylation sites (tertiary alicyclic amines) is 1. The van der Waals surface area contributed by atoms with Gasteiger partial charge in [-0.15, -0.1) is 0 Å². The number of nitrogens with zero attached hydrogens (tertiary/aromatic N) is 5. The molecule has 0 aromatic carbocycles. The van der Waals surface area contributed by atoms with Crippen molar-refractivity contribution in [3.05, 3.63) is 18.3 Å². The highest BCUT2D eigenvalue weighted by molar-refractivity contribution is 5.51. The average molecular weight is 279 g/mol. The molecular weight excluding hydrogens is 261 g/mol. The standard InChI is InChI=1S/C13H18FN5O/c1-9-11(3-5-18(9)2)13-16-12(17-20-13)10-7-15-19(8-10)6-4-14/h7-9,11H,3-6H2,1-2H3/t9-,11-/m1/s1. The summed E-state index contributed by atoms with van der Waals surface area (Å²) in [6, 6.07) is 0.401. The van der Waals surface area contributed by atoms with Crippen molar-refractivity contribution in [1.29, 1.82) is 0 Å². The molecular formula is C13H18FN5O. The lowest BCUT2D eigenvalue weighted by atomic mass is 10.0. The van der Waals surface area contributed by atoms with Gasteiger partial charge in [-0.05, 0) is 26.9 Å². The van der Waals surface area contributed by atoms with Crippen molar-refractivity contribution in [2.75, 3.05) is 20.3 Å². The van der Waals surface area contributed by atoms with Crippen molar-refractivity contribution in [3.63, 3.8) is 0 Å². The van der Waals surface area contributed by atoms with Gasteiger partial charge in [-0.2, -0.15) is 10.1 Å². The third kappa shape index (κ3) is 2.33. The highest BCUT2D eigenvalue weighted by Crippen LogP contribution is 2.32. The van der Waals surface area contributed by atoms with Crippen LogP contribution < -0.4 is 0 Å². The maximum absolute atomic E-state index is 12.3. The lowest BCUT2D eigenvalue weighted by molar-refractivity contribution is 0.286. The summed E-state index contributed by atoms with van der Waals surface area (Å²) < 4.78 is 19.2. The van der Waals surface area contributed by atoms with Crippen molar-refractivity contribution in [2.45, 2.75) is 31.8 Å². The van der Waals surface area contributed by atoms with E-state index in [0.29, 0.717) is 17.8 Å². The second-order valence-corrected chi connectivity index (χ2v) is 5.25. The topological polar surface area (TPSA) is 60.0 Å². The maximum atomic E-state index is 12.3. The molecule has 108 valence electrons. The van der Waals surface area contributed by atoms with Crippen LogP contribution in [0, 0.1) is 0 Å². The summed E-state index contributed by atoms with van der Waals surface area (Å²) in [6.07, 6.45) is 4.40. The minimum atomic E-state index is -0.440. The van der Waals surface area contributed by atoms with Crippen molar-refractivity contribution in [1.82, 2.24) is 24.8 Å². The summed E-state index contributed by atoms with van der Waals surface area (Å²) in [5, 5.41) is 8.08. The second kappa shape index (κ2) is 5.32. The molecule has 1 aliphatic rings. The van der Waals surface area contributed by atoms with E-state index in [0.717, 1.165) is 18.5 Å². The van der Waals surface area contributed by atoms with Gasteiger partial charge < -0.3 is 9.42 Å². The van der Waals surface area contributed by atoms with Gasteiger partial charge >= 0.3 is 0 Å². The molecule has 0 aliphatic carbocycles. The van der Waals surface area contributed by atoms with E-state index in [9.17, 15) is 4.39 Å². The molecule has 1 saturated heterocycles. The molecule has 2 aromatic heterocycles. The van der Waals surface area contributed by atoms with Crippen LogP contribution in [0.25, 0.3) is 11.4 Å². The number of rotatable bonds is 4. The number of aryl methyl sites for hydroxylation is 1. The number of aromatic nitrogens is 4. The van der Waals surface area contributed by atoms with Gasteiger partial charge in [0.15, 0.2) is 0 Å². The Bertz CT molecular complexity index is 581. The van der Waals surface area contributed by atoms with Gasteiger partial charge in [-0.3, -0.25) is 4.68 Å². The number of halogens is 1. The lowest BCUT2D eigenvalue weighted by Crippen LogP contribution is -2.24. The van der Waals surface area contributed by atoms with Crippen LogP contribution in [0.1, 0.15) is 25.2 Å². The molecule has 3 rings (SSSR count). The molecule has 0 amide bonds. The van der Waals surface area contributed by atoms with Gasteiger partial charge in [-0.25, -0.2) is 4.39 Å². The largest absolute Gasteiger partial charge is 0.339 e. The zero-order valence-electron chi connectivity index (χ0n) is 11.7. The van der Waals surface area contributed by atoms with Gasteiger partial charge in [-0.1, -0.05) is 5.16 Å². The van der Waals surface area contributed by atoms with E-state index in [2.05, 4.69) is 34.1 Å². The van der Waals surface area contributed by atoms with Crippen LogP contribution in [0.4, 0.5) is 4.39 Å². The molecule has 0 N–H and O–H groups in total. The summed E-state index contributed by atoms with van der Waals surface area (Å²) in [5.41, 5.74) is 0.757. The fourth-order valence-corrected chi connectivity index (χ4v) is 2.62. The third-order valence-electron chi connectivity index (χ3n) is 4.03. The normalized spacial score (nSPS) is 23.6. The third-order valence-corrected chi connectivity index (χ3v) is 4.03. The van der Waals surface area contributed by atoms with Gasteiger partial charge in [0.05, 0.1) is 24.2 Å². The predicted octanol–water partition coefficient (Wildman–Crippen LogP) is 1.71. The zero-order valence-corrected chi connectivity index (χ0v) is 11.7. The smallest absolute Gasteiger partial charge is 0.231 e. The SMILES string of the molecule is C[C@@H]1[C@H](c2nc(-c3cnn(CCF)c3)no2)CCN1C. The van der Waals surface area contributed by atoms with Crippen LogP contribution in [-0.2, 0) is 6.54 Å². The molecule has 7 heteroatoms. The molecule has 1 fully saturated rings. The minimum absolute atomic E-state index is 0.245. The zero-order chi connectivity index (χ0) is 14.1. The van der Waals surface area contributed by atoms with Crippen molar-refractivity contribution < 1.29 is 8.91 Å². The molecule has 0 radical (unpaired) electrons. The van der Waals surface area contributed by atoms with Gasteiger partial charge in [0.1, 0.15) is 6.67 Å². The van der Waals surface area contributed by atoms with Crippen molar-refractivity contribution >= 4 is 0 Å². The van der Waals surface area contributed by atoms with E-state index in [1.165, 1.54) is 4.68 Å². The quantitative estimate of drug-likeness (QED) is 0.852. The molecule has 2 atom stereocenters. The van der Waals surface area contributed by atoms with E-state index in [-0.39, 0.29) is 12.5 Å². The summed E-state index contributed by atoms with van der Waals surface area (Å²) in [7, 11) is 2.10. The number of hydrogen-bond donors (Lipinski definition) is 0. The Labute approximate surface area is 116 Å². The van der Waals surface area contributed by atoms with Crippen molar-refractivity contribution in [3.8, 4) is 11.4 Å². The fourth-order valence-electron chi connectivity index (χ4n) is 2.62. The summed E-state index contributed by atoms with van der Waals surface area (Å²) in [4.78, 5) is 6.75. The number of hydrogen-bond acceptors (Lipinski definition) is 5. The Morgan fingerprint density at radius 3 is 3.05 bits per heavy atom. The summed E-state index contributed by atoms with van der Waals surface area (Å²) >= 11 is 0. The van der Waals surface area contributed by atoms with E-state index in [1.807, 2.05) is 0 Å². The Hall–Kier alpha value is -1.76. The number of likely N-dealkylation sites (N-methyl/N-ethyl adjacent to an activating group) is 1. The first-order chi connectivity index (χ1) is 9.69. The Kier molecular flexibility index (Phi) is 3.52. The molecule has 1 aliphatic heterocycles. The Balaban J connectivity index is 1.79. The minimum Gasteiger partial charge on any atom is -0.339 e. The van der Waals surface area contributed by atoms with Crippen LogP contribution in [0.2, 0.25) is 0 Å². The molecule has 0 spiro atoms. The first-order valence-electron chi connectivity index (χ1n) is 6.81. The summed E-state index contributed by atoms with van der Waals surface area (Å²) in [6.45, 7) is 3.01. The van der Waals surface area contributed by atoms with E-state index in [1.54, 1.807) is 12.4 Å². The lowest BCUT2D eigenvalue weighted by Gasteiger charge is -2.17. The molecule has 2 aromatic rings. The van der Waals surface area contributed by atoms with E-state index >= 15 is 0 Å². The first kappa shape index (κ1) is 13.2. The van der Waals surface area contributed by atoms with Crippen LogP contribution in [0.5, 0.6) is 0 Å². The summed E-state index contributed by atoms with van der Waals surface area (Å²) in [5.74, 6) is 1.48.